The zero-order valence-corrected chi connectivity index (χ0v) is 17.9. The lowest BCUT2D eigenvalue weighted by Crippen LogP contribution is -2.14. The second-order valence-electron chi connectivity index (χ2n) is 6.50. The number of nitrogens with one attached hydrogen (secondary N) is 1. The fourth-order valence-electron chi connectivity index (χ4n) is 2.65. The summed E-state index contributed by atoms with van der Waals surface area (Å²) in [5, 5.41) is 23.2. The van der Waals surface area contributed by atoms with Crippen molar-refractivity contribution >= 4 is 46.6 Å². The molecule has 0 unspecified atom stereocenters. The molecule has 7 nitrogen and oxygen atoms in total. The van der Waals surface area contributed by atoms with Gasteiger partial charge in [0.15, 0.2) is 0 Å². The Balaban J connectivity index is 1.65. The van der Waals surface area contributed by atoms with E-state index in [1.165, 1.54) is 18.2 Å². The molecular weight excluding hydrogens is 453 g/mol. The molecule has 0 spiro atoms. The molecule has 0 aliphatic heterocycles. The van der Waals surface area contributed by atoms with E-state index in [9.17, 15) is 20.2 Å². The van der Waals surface area contributed by atoms with Crippen molar-refractivity contribution in [3.8, 4) is 11.8 Å². The number of carbonyl (C=O) groups is 1. The number of non-ortho nitro benzene ring substituents is 1. The van der Waals surface area contributed by atoms with Gasteiger partial charge in [0.2, 0.25) is 0 Å². The van der Waals surface area contributed by atoms with Crippen molar-refractivity contribution in [1.29, 1.82) is 5.26 Å². The molecule has 0 saturated carbocycles. The van der Waals surface area contributed by atoms with Gasteiger partial charge in [-0.15, -0.1) is 0 Å². The van der Waals surface area contributed by atoms with Crippen LogP contribution in [0.2, 0.25) is 10.0 Å². The van der Waals surface area contributed by atoms with Crippen LogP contribution in [0.1, 0.15) is 11.1 Å². The van der Waals surface area contributed by atoms with Crippen molar-refractivity contribution in [2.75, 3.05) is 5.32 Å². The van der Waals surface area contributed by atoms with Crippen LogP contribution in [-0.4, -0.2) is 10.8 Å². The van der Waals surface area contributed by atoms with E-state index in [1.807, 2.05) is 6.07 Å². The van der Waals surface area contributed by atoms with Crippen molar-refractivity contribution in [3.05, 3.63) is 104 Å². The number of halogens is 2. The Morgan fingerprint density at radius 3 is 2.25 bits per heavy atom. The monoisotopic (exact) mass is 467 g/mol. The number of nitro benzene ring substituents is 1. The minimum Gasteiger partial charge on any atom is -0.489 e. The first-order valence-corrected chi connectivity index (χ1v) is 9.96. The average Bonchev–Trinajstić information content (AvgIpc) is 2.79. The first kappa shape index (κ1) is 22.8. The number of para-hydroxylation sites is 1. The highest BCUT2D eigenvalue weighted by Gasteiger charge is 2.14. The molecule has 0 aliphatic rings. The predicted molar refractivity (Wildman–Crippen MR) is 123 cm³/mol. The molecule has 160 valence electrons. The highest BCUT2D eigenvalue weighted by atomic mass is 35.5. The highest BCUT2D eigenvalue weighted by Crippen LogP contribution is 2.30. The molecule has 0 radical (unpaired) electrons. The van der Waals surface area contributed by atoms with Crippen molar-refractivity contribution in [1.82, 2.24) is 0 Å². The maximum atomic E-state index is 12.5. The summed E-state index contributed by atoms with van der Waals surface area (Å²) in [7, 11) is 0. The van der Waals surface area contributed by atoms with Gasteiger partial charge in [0.1, 0.15) is 24.0 Å². The summed E-state index contributed by atoms with van der Waals surface area (Å²) in [5.74, 6) is -0.0766. The Morgan fingerprint density at radius 2 is 1.69 bits per heavy atom. The molecule has 0 heterocycles. The van der Waals surface area contributed by atoms with Gasteiger partial charge in [0.05, 0.1) is 20.7 Å². The smallest absolute Gasteiger partial charge is 0.269 e. The van der Waals surface area contributed by atoms with Gasteiger partial charge in [0, 0.05) is 12.1 Å². The number of anilines is 1. The van der Waals surface area contributed by atoms with E-state index in [4.69, 9.17) is 27.9 Å². The molecular formula is C23H15Cl2N3O4. The molecule has 0 atom stereocenters. The number of carbonyl (C=O) groups excluding carboxylic acids is 1. The summed E-state index contributed by atoms with van der Waals surface area (Å²) < 4.78 is 5.67. The number of rotatable bonds is 7. The van der Waals surface area contributed by atoms with Crippen molar-refractivity contribution in [3.63, 3.8) is 0 Å². The van der Waals surface area contributed by atoms with Crippen LogP contribution in [-0.2, 0) is 11.4 Å². The molecule has 32 heavy (non-hydrogen) atoms. The summed E-state index contributed by atoms with van der Waals surface area (Å²) in [4.78, 5) is 22.7. The second-order valence-corrected chi connectivity index (χ2v) is 7.32. The van der Waals surface area contributed by atoms with Gasteiger partial charge in [0.25, 0.3) is 11.6 Å². The summed E-state index contributed by atoms with van der Waals surface area (Å²) in [6.45, 7) is 0.234. The lowest BCUT2D eigenvalue weighted by molar-refractivity contribution is -0.384. The van der Waals surface area contributed by atoms with Gasteiger partial charge >= 0.3 is 0 Å². The Morgan fingerprint density at radius 1 is 1.06 bits per heavy atom. The minimum absolute atomic E-state index is 0.0130. The van der Waals surface area contributed by atoms with Crippen molar-refractivity contribution in [2.45, 2.75) is 6.61 Å². The first-order valence-electron chi connectivity index (χ1n) is 9.20. The van der Waals surface area contributed by atoms with E-state index in [0.717, 1.165) is 5.56 Å². The van der Waals surface area contributed by atoms with Crippen LogP contribution >= 0.6 is 23.2 Å². The Labute approximate surface area is 193 Å². The zero-order valence-electron chi connectivity index (χ0n) is 16.4. The fourth-order valence-corrected chi connectivity index (χ4v) is 3.15. The maximum absolute atomic E-state index is 12.5. The Hall–Kier alpha value is -3.86. The Kier molecular flexibility index (Phi) is 7.45. The quantitative estimate of drug-likeness (QED) is 0.197. The average molecular weight is 468 g/mol. The van der Waals surface area contributed by atoms with Gasteiger partial charge in [-0.3, -0.25) is 14.9 Å². The number of ether oxygens (including phenoxy) is 1. The van der Waals surface area contributed by atoms with E-state index in [-0.39, 0.29) is 33.6 Å². The number of nitro groups is 1. The van der Waals surface area contributed by atoms with Gasteiger partial charge in [-0.2, -0.15) is 5.26 Å². The molecule has 9 heteroatoms. The lowest BCUT2D eigenvalue weighted by Gasteiger charge is -2.09. The van der Waals surface area contributed by atoms with E-state index in [1.54, 1.807) is 54.6 Å². The van der Waals surface area contributed by atoms with Crippen LogP contribution < -0.4 is 10.1 Å². The minimum atomic E-state index is -0.638. The molecule has 3 rings (SSSR count). The maximum Gasteiger partial charge on any atom is 0.269 e. The molecule has 0 saturated heterocycles. The zero-order chi connectivity index (χ0) is 23.1. The van der Waals surface area contributed by atoms with Crippen LogP contribution in [0.5, 0.6) is 5.75 Å². The van der Waals surface area contributed by atoms with Gasteiger partial charge < -0.3 is 10.1 Å². The number of hydrogen-bond donors (Lipinski definition) is 1. The third-order valence-electron chi connectivity index (χ3n) is 4.31. The third-order valence-corrected chi connectivity index (χ3v) is 4.94. The third kappa shape index (κ3) is 5.85. The van der Waals surface area contributed by atoms with Gasteiger partial charge in [-0.25, -0.2) is 0 Å². The molecule has 0 bridgehead atoms. The van der Waals surface area contributed by atoms with Crippen LogP contribution in [0.15, 0.2) is 72.3 Å². The van der Waals surface area contributed by atoms with Crippen molar-refractivity contribution in [2.24, 2.45) is 0 Å². The lowest BCUT2D eigenvalue weighted by atomic mass is 10.1. The van der Waals surface area contributed by atoms with Crippen LogP contribution in [0, 0.1) is 21.4 Å². The van der Waals surface area contributed by atoms with Crippen LogP contribution in [0.3, 0.4) is 0 Å². The topological polar surface area (TPSA) is 105 Å². The molecule has 3 aromatic rings. The van der Waals surface area contributed by atoms with Gasteiger partial charge in [-0.05, 0) is 53.6 Å². The Bertz CT molecular complexity index is 1200. The van der Waals surface area contributed by atoms with E-state index in [2.05, 4.69) is 5.32 Å². The molecule has 0 fully saturated rings. The number of amides is 1. The van der Waals surface area contributed by atoms with Gasteiger partial charge in [-0.1, -0.05) is 41.4 Å². The fraction of sp³-hybridized carbons (Fsp3) is 0.0435. The van der Waals surface area contributed by atoms with E-state index in [0.29, 0.717) is 11.3 Å². The number of hydrogen-bond acceptors (Lipinski definition) is 5. The molecule has 0 aromatic heterocycles. The molecule has 3 aromatic carbocycles. The summed E-state index contributed by atoms with van der Waals surface area (Å²) in [6.07, 6.45) is 1.43. The van der Waals surface area contributed by atoms with Crippen LogP contribution in [0.25, 0.3) is 6.08 Å². The largest absolute Gasteiger partial charge is 0.489 e. The normalized spacial score (nSPS) is 10.8. The van der Waals surface area contributed by atoms with E-state index < -0.39 is 10.8 Å². The molecule has 0 aliphatic carbocycles. The number of nitriles is 1. The van der Waals surface area contributed by atoms with E-state index >= 15 is 0 Å². The highest BCUT2D eigenvalue weighted by molar-refractivity contribution is 6.40. The van der Waals surface area contributed by atoms with Crippen LogP contribution in [0.4, 0.5) is 11.4 Å². The summed E-state index contributed by atoms with van der Waals surface area (Å²) in [5.41, 5.74) is 1.52. The summed E-state index contributed by atoms with van der Waals surface area (Å²) >= 11 is 12.1. The predicted octanol–water partition coefficient (Wildman–Crippen LogP) is 6.03. The first-order chi connectivity index (χ1) is 15.4. The number of nitrogens with zero attached hydrogens (tertiary/aromatic N) is 2. The SMILES string of the molecule is N#C/C(=C\c1ccc(OCc2ccc([N+](=O)[O-])cc2)cc1)C(=O)Nc1c(Cl)cccc1Cl. The second kappa shape index (κ2) is 10.4. The summed E-state index contributed by atoms with van der Waals surface area (Å²) in [6, 6.07) is 19.5. The molecule has 1 amide bonds. The molecule has 1 N–H and O–H groups in total. The standard InChI is InChI=1S/C23H15Cl2N3O4/c24-20-2-1-3-21(25)22(20)27-23(29)17(13-26)12-15-6-10-19(11-7-15)32-14-16-4-8-18(9-5-16)28(30)31/h1-12H,14H2,(H,27,29)/b17-12+. The number of benzene rings is 3. The van der Waals surface area contributed by atoms with Crippen molar-refractivity contribution < 1.29 is 14.5 Å².